The molecular weight excluding hydrogens is 296 g/mol. The van der Waals surface area contributed by atoms with E-state index in [0.717, 1.165) is 24.6 Å². The predicted molar refractivity (Wildman–Crippen MR) is 73.6 cm³/mol. The molecule has 0 bridgehead atoms. The summed E-state index contributed by atoms with van der Waals surface area (Å²) in [6.45, 7) is 2.56. The normalized spacial score (nSPS) is 20.6. The fraction of sp³-hybridized carbons (Fsp3) is 0.462. The number of esters is 1. The molecule has 1 saturated heterocycles. The third kappa shape index (κ3) is 3.55. The maximum absolute atomic E-state index is 11.9. The maximum Gasteiger partial charge on any atom is 0.338 e. The average Bonchev–Trinajstić information content (AvgIpc) is 2.89. The summed E-state index contributed by atoms with van der Waals surface area (Å²) < 4.78 is 10.4. The Kier molecular flexibility index (Phi) is 4.66. The number of nitrogens with zero attached hydrogens (tertiary/aromatic N) is 2. The van der Waals surface area contributed by atoms with Gasteiger partial charge in [0.05, 0.1) is 27.6 Å². The van der Waals surface area contributed by atoms with Gasteiger partial charge in [-0.05, 0) is 12.3 Å². The molecule has 1 aromatic rings. The Hall–Kier alpha value is -2.55. The van der Waals surface area contributed by atoms with Crippen LogP contribution < -0.4 is 0 Å². The minimum atomic E-state index is -0.852. The molecule has 9 heteroatoms. The Balaban J connectivity index is 2.14. The number of carbonyl (C=O) groups excluding carboxylic acids is 1. The summed E-state index contributed by atoms with van der Waals surface area (Å²) in [5, 5.41) is 21.5. The van der Waals surface area contributed by atoms with Crippen LogP contribution in [0.1, 0.15) is 23.7 Å². The molecule has 1 heterocycles. The third-order valence-corrected chi connectivity index (χ3v) is 3.48. The van der Waals surface area contributed by atoms with Crippen LogP contribution in [-0.2, 0) is 9.47 Å². The predicted octanol–water partition coefficient (Wildman–Crippen LogP) is 2.08. The number of nitro groups is 2. The highest BCUT2D eigenvalue weighted by Crippen LogP contribution is 2.24. The van der Waals surface area contributed by atoms with Crippen LogP contribution in [0.5, 0.6) is 0 Å². The highest BCUT2D eigenvalue weighted by atomic mass is 16.6. The molecule has 2 rings (SSSR count). The van der Waals surface area contributed by atoms with Gasteiger partial charge in [0, 0.05) is 18.7 Å². The summed E-state index contributed by atoms with van der Waals surface area (Å²) in [4.78, 5) is 31.9. The molecule has 1 aliphatic rings. The van der Waals surface area contributed by atoms with Gasteiger partial charge in [0.1, 0.15) is 6.61 Å². The molecule has 22 heavy (non-hydrogen) atoms. The van der Waals surface area contributed by atoms with Crippen molar-refractivity contribution < 1.29 is 24.1 Å². The fourth-order valence-electron chi connectivity index (χ4n) is 2.13. The molecule has 0 amide bonds. The van der Waals surface area contributed by atoms with Crippen molar-refractivity contribution in [3.8, 4) is 0 Å². The zero-order valence-electron chi connectivity index (χ0n) is 11.8. The number of non-ortho nitro benzene ring substituents is 2. The number of nitro benzene ring substituents is 2. The first-order chi connectivity index (χ1) is 10.4. The fourth-order valence-corrected chi connectivity index (χ4v) is 2.13. The molecule has 0 N–H and O–H groups in total. The van der Waals surface area contributed by atoms with E-state index in [-0.39, 0.29) is 24.2 Å². The second-order valence-corrected chi connectivity index (χ2v) is 5.03. The zero-order chi connectivity index (χ0) is 16.3. The molecule has 1 aromatic carbocycles. The second kappa shape index (κ2) is 6.48. The van der Waals surface area contributed by atoms with E-state index in [2.05, 4.69) is 0 Å². The number of rotatable bonds is 5. The molecular formula is C13H14N2O7. The highest BCUT2D eigenvalue weighted by molar-refractivity contribution is 5.91. The standard InChI is InChI=1S/C13H14N2O7/c1-8-2-3-21-12(8)7-22-13(16)9-4-10(14(17)18)6-11(5-9)15(19)20/h4-6,8,12H,2-3,7H2,1H3/t8-,12-/m0/s1. The first kappa shape index (κ1) is 15.8. The first-order valence-electron chi connectivity index (χ1n) is 6.61. The van der Waals surface area contributed by atoms with Gasteiger partial charge in [-0.25, -0.2) is 4.79 Å². The summed E-state index contributed by atoms with van der Waals surface area (Å²) in [6, 6.07) is 2.70. The van der Waals surface area contributed by atoms with Crippen molar-refractivity contribution in [2.45, 2.75) is 19.4 Å². The van der Waals surface area contributed by atoms with E-state index in [1.165, 1.54) is 0 Å². The molecule has 0 aromatic heterocycles. The second-order valence-electron chi connectivity index (χ2n) is 5.03. The highest BCUT2D eigenvalue weighted by Gasteiger charge is 2.27. The van der Waals surface area contributed by atoms with Crippen molar-refractivity contribution in [2.24, 2.45) is 5.92 Å². The number of hydrogen-bond donors (Lipinski definition) is 0. The van der Waals surface area contributed by atoms with Gasteiger partial charge in [-0.1, -0.05) is 6.92 Å². The number of carbonyl (C=O) groups is 1. The summed E-state index contributed by atoms with van der Waals surface area (Å²) in [7, 11) is 0. The Labute approximate surface area is 125 Å². The topological polar surface area (TPSA) is 122 Å². The lowest BCUT2D eigenvalue weighted by Crippen LogP contribution is -2.22. The van der Waals surface area contributed by atoms with Crippen LogP contribution in [0.4, 0.5) is 11.4 Å². The summed E-state index contributed by atoms with van der Waals surface area (Å²) in [5.74, 6) is -0.609. The molecule has 0 saturated carbocycles. The van der Waals surface area contributed by atoms with E-state index in [1.54, 1.807) is 0 Å². The number of ether oxygens (including phenoxy) is 2. The van der Waals surface area contributed by atoms with Crippen molar-refractivity contribution in [1.82, 2.24) is 0 Å². The maximum atomic E-state index is 11.9. The van der Waals surface area contributed by atoms with Gasteiger partial charge >= 0.3 is 5.97 Å². The van der Waals surface area contributed by atoms with Crippen molar-refractivity contribution >= 4 is 17.3 Å². The molecule has 0 aliphatic carbocycles. The van der Waals surface area contributed by atoms with Crippen molar-refractivity contribution in [2.75, 3.05) is 13.2 Å². The van der Waals surface area contributed by atoms with E-state index in [4.69, 9.17) is 9.47 Å². The van der Waals surface area contributed by atoms with Crippen molar-refractivity contribution in [3.63, 3.8) is 0 Å². The number of hydrogen-bond acceptors (Lipinski definition) is 7. The van der Waals surface area contributed by atoms with Crippen LogP contribution >= 0.6 is 0 Å². The van der Waals surface area contributed by atoms with Crippen molar-refractivity contribution in [1.29, 1.82) is 0 Å². The van der Waals surface area contributed by atoms with Crippen molar-refractivity contribution in [3.05, 3.63) is 44.0 Å². The molecule has 0 spiro atoms. The Morgan fingerprint density at radius 2 is 1.86 bits per heavy atom. The number of benzene rings is 1. The van der Waals surface area contributed by atoms with E-state index >= 15 is 0 Å². The minimum Gasteiger partial charge on any atom is -0.459 e. The smallest absolute Gasteiger partial charge is 0.338 e. The van der Waals surface area contributed by atoms with E-state index in [9.17, 15) is 25.0 Å². The molecule has 2 atom stereocenters. The minimum absolute atomic E-state index is 0.0104. The Bertz CT molecular complexity index is 584. The zero-order valence-corrected chi connectivity index (χ0v) is 11.8. The van der Waals surface area contributed by atoms with Gasteiger partial charge in [0.2, 0.25) is 0 Å². The van der Waals surface area contributed by atoms with Crippen LogP contribution in [0.2, 0.25) is 0 Å². The average molecular weight is 310 g/mol. The lowest BCUT2D eigenvalue weighted by Gasteiger charge is -2.14. The first-order valence-corrected chi connectivity index (χ1v) is 6.61. The molecule has 1 aliphatic heterocycles. The van der Waals surface area contributed by atoms with Gasteiger partial charge in [-0.3, -0.25) is 20.2 Å². The monoisotopic (exact) mass is 310 g/mol. The molecule has 9 nitrogen and oxygen atoms in total. The van der Waals surface area contributed by atoms with Gasteiger partial charge in [0.25, 0.3) is 11.4 Å². The summed E-state index contributed by atoms with van der Waals surface area (Å²) >= 11 is 0. The lowest BCUT2D eigenvalue weighted by molar-refractivity contribution is -0.394. The van der Waals surface area contributed by atoms with E-state index in [0.29, 0.717) is 6.61 Å². The quantitative estimate of drug-likeness (QED) is 0.463. The van der Waals surface area contributed by atoms with Gasteiger partial charge < -0.3 is 9.47 Å². The Morgan fingerprint density at radius 3 is 2.32 bits per heavy atom. The lowest BCUT2D eigenvalue weighted by atomic mass is 10.1. The third-order valence-electron chi connectivity index (χ3n) is 3.48. The summed E-state index contributed by atoms with van der Waals surface area (Å²) in [5.41, 5.74) is -1.30. The molecule has 0 unspecified atom stereocenters. The molecule has 0 radical (unpaired) electrons. The van der Waals surface area contributed by atoms with Gasteiger partial charge in [-0.15, -0.1) is 0 Å². The van der Waals surface area contributed by atoms with Crippen LogP contribution in [0, 0.1) is 26.1 Å². The van der Waals surface area contributed by atoms with E-state index < -0.39 is 27.2 Å². The van der Waals surface area contributed by atoms with Crippen LogP contribution in [0.3, 0.4) is 0 Å². The van der Waals surface area contributed by atoms with Crippen LogP contribution in [0.15, 0.2) is 18.2 Å². The van der Waals surface area contributed by atoms with Gasteiger partial charge in [0.15, 0.2) is 0 Å². The Morgan fingerprint density at radius 1 is 1.27 bits per heavy atom. The largest absolute Gasteiger partial charge is 0.459 e. The molecule has 1 fully saturated rings. The van der Waals surface area contributed by atoms with Gasteiger partial charge in [-0.2, -0.15) is 0 Å². The van der Waals surface area contributed by atoms with E-state index in [1.807, 2.05) is 6.92 Å². The van der Waals surface area contributed by atoms with Crippen LogP contribution in [-0.4, -0.2) is 35.1 Å². The SMILES string of the molecule is C[C@H]1CCO[C@H]1COC(=O)c1cc([N+](=O)[O-])cc([N+](=O)[O-])c1. The molecule has 118 valence electrons. The summed E-state index contributed by atoms with van der Waals surface area (Å²) in [6.07, 6.45) is 0.641. The van der Waals surface area contributed by atoms with Crippen LogP contribution in [0.25, 0.3) is 0 Å².